The highest BCUT2D eigenvalue weighted by atomic mass is 79.9. The Morgan fingerprint density at radius 2 is 2.31 bits per heavy atom. The van der Waals surface area contributed by atoms with Crippen LogP contribution in [0.4, 0.5) is 0 Å². The van der Waals surface area contributed by atoms with Crippen LogP contribution in [0.15, 0.2) is 0 Å². The van der Waals surface area contributed by atoms with Crippen molar-refractivity contribution < 1.29 is 9.53 Å². The molecule has 0 saturated heterocycles. The molecular weight excluding hydrogens is 254 g/mol. The van der Waals surface area contributed by atoms with Gasteiger partial charge in [0.1, 0.15) is 4.83 Å². The molecule has 0 fully saturated rings. The van der Waals surface area contributed by atoms with Gasteiger partial charge in [0, 0.05) is 18.8 Å². The van der Waals surface area contributed by atoms with Crippen molar-refractivity contribution in [3.63, 3.8) is 0 Å². The molecule has 0 aromatic carbocycles. The number of alkyl halides is 1. The summed E-state index contributed by atoms with van der Waals surface area (Å²) in [6.07, 6.45) is 2.07. The minimum Gasteiger partial charge on any atom is -0.468 e. The highest BCUT2D eigenvalue weighted by Gasteiger charge is 2.16. The molecule has 13 heavy (non-hydrogen) atoms. The van der Waals surface area contributed by atoms with Gasteiger partial charge in [-0.05, 0) is 13.3 Å². The molecule has 3 nitrogen and oxygen atoms in total. The van der Waals surface area contributed by atoms with Crippen molar-refractivity contribution in [2.75, 3.05) is 39.3 Å². The summed E-state index contributed by atoms with van der Waals surface area (Å²) < 4.78 is 4.60. The van der Waals surface area contributed by atoms with Gasteiger partial charge in [-0.1, -0.05) is 15.9 Å². The molecule has 1 unspecified atom stereocenters. The average molecular weight is 270 g/mol. The quantitative estimate of drug-likeness (QED) is 0.536. The Bertz CT molecular complexity index is 157. The van der Waals surface area contributed by atoms with E-state index >= 15 is 0 Å². The lowest BCUT2D eigenvalue weighted by molar-refractivity contribution is -0.140. The minimum absolute atomic E-state index is 0.212. The van der Waals surface area contributed by atoms with E-state index in [4.69, 9.17) is 0 Å². The molecule has 78 valence electrons. The van der Waals surface area contributed by atoms with Crippen LogP contribution in [0.2, 0.25) is 0 Å². The Hall–Kier alpha value is 0.260. The van der Waals surface area contributed by atoms with Gasteiger partial charge in [0.05, 0.1) is 7.11 Å². The number of hydrogen-bond acceptors (Lipinski definition) is 4. The molecule has 0 saturated carbocycles. The van der Waals surface area contributed by atoms with Crippen LogP contribution in [0, 0.1) is 0 Å². The molecule has 5 heteroatoms. The molecule has 0 spiro atoms. The molecule has 0 rings (SSSR count). The van der Waals surface area contributed by atoms with E-state index in [0.717, 1.165) is 12.3 Å². The summed E-state index contributed by atoms with van der Waals surface area (Å²) in [5.41, 5.74) is 0. The predicted molar refractivity (Wildman–Crippen MR) is 60.6 cm³/mol. The molecule has 0 aliphatic rings. The van der Waals surface area contributed by atoms with Gasteiger partial charge in [-0.2, -0.15) is 11.8 Å². The van der Waals surface area contributed by atoms with Gasteiger partial charge in [0.2, 0.25) is 0 Å². The standard InChI is InChI=1S/C8H16BrNO2S/c1-10(4-5-13-3)6-7(9)8(11)12-2/h7H,4-6H2,1-3H3. The van der Waals surface area contributed by atoms with Gasteiger partial charge in [-0.25, -0.2) is 0 Å². The van der Waals surface area contributed by atoms with Crippen molar-refractivity contribution in [2.24, 2.45) is 0 Å². The van der Waals surface area contributed by atoms with E-state index in [9.17, 15) is 4.79 Å². The van der Waals surface area contributed by atoms with Crippen molar-refractivity contribution in [3.05, 3.63) is 0 Å². The lowest BCUT2D eigenvalue weighted by atomic mass is 10.4. The summed E-state index contributed by atoms with van der Waals surface area (Å²) >= 11 is 5.07. The fourth-order valence-corrected chi connectivity index (χ4v) is 1.99. The summed E-state index contributed by atoms with van der Waals surface area (Å²) in [4.78, 5) is 12.9. The normalized spacial score (nSPS) is 13.0. The molecular formula is C8H16BrNO2S. The van der Waals surface area contributed by atoms with Crippen molar-refractivity contribution >= 4 is 33.7 Å². The number of hydrogen-bond donors (Lipinski definition) is 0. The van der Waals surface area contributed by atoms with Crippen molar-refractivity contribution in [3.8, 4) is 0 Å². The maximum Gasteiger partial charge on any atom is 0.320 e. The topological polar surface area (TPSA) is 29.5 Å². The van der Waals surface area contributed by atoms with Crippen LogP contribution >= 0.6 is 27.7 Å². The number of halogens is 1. The summed E-state index contributed by atoms with van der Waals surface area (Å²) in [6.45, 7) is 1.67. The zero-order chi connectivity index (χ0) is 10.3. The molecule has 0 amide bonds. The Morgan fingerprint density at radius 3 is 2.77 bits per heavy atom. The highest BCUT2D eigenvalue weighted by Crippen LogP contribution is 2.04. The van der Waals surface area contributed by atoms with Crippen molar-refractivity contribution in [1.29, 1.82) is 0 Å². The maximum atomic E-state index is 11.0. The molecule has 0 radical (unpaired) electrons. The number of carbonyl (C=O) groups is 1. The number of thioether (sulfide) groups is 1. The summed E-state index contributed by atoms with van der Waals surface area (Å²) in [7, 11) is 3.39. The number of esters is 1. The molecule has 0 aliphatic carbocycles. The SMILES string of the molecule is COC(=O)C(Br)CN(C)CCSC. The second kappa shape index (κ2) is 7.64. The monoisotopic (exact) mass is 269 g/mol. The minimum atomic E-state index is -0.218. The summed E-state index contributed by atoms with van der Waals surface area (Å²) in [5.74, 6) is 0.869. The Kier molecular flexibility index (Phi) is 7.80. The Labute approximate surface area is 92.3 Å². The zero-order valence-corrected chi connectivity index (χ0v) is 10.7. The van der Waals surface area contributed by atoms with Gasteiger partial charge in [-0.15, -0.1) is 0 Å². The maximum absolute atomic E-state index is 11.0. The van der Waals surface area contributed by atoms with Crippen LogP contribution in [-0.4, -0.2) is 55.0 Å². The molecule has 0 aromatic rings. The second-order valence-electron chi connectivity index (χ2n) is 2.75. The largest absolute Gasteiger partial charge is 0.468 e. The van der Waals surface area contributed by atoms with E-state index < -0.39 is 0 Å². The first-order chi connectivity index (χ1) is 6.11. The number of ether oxygens (including phenoxy) is 1. The molecule has 0 heterocycles. The van der Waals surface area contributed by atoms with Crippen LogP contribution in [0.3, 0.4) is 0 Å². The smallest absolute Gasteiger partial charge is 0.320 e. The van der Waals surface area contributed by atoms with Gasteiger partial charge in [0.15, 0.2) is 0 Å². The number of methoxy groups -OCH3 is 1. The van der Waals surface area contributed by atoms with Crippen LogP contribution in [0.1, 0.15) is 0 Å². The predicted octanol–water partition coefficient (Wildman–Crippen LogP) is 1.22. The zero-order valence-electron chi connectivity index (χ0n) is 8.25. The summed E-state index contributed by atoms with van der Waals surface area (Å²) in [5, 5.41) is 0. The Morgan fingerprint density at radius 1 is 1.69 bits per heavy atom. The first-order valence-corrected chi connectivity index (χ1v) is 6.32. The van der Waals surface area contributed by atoms with E-state index in [1.807, 2.05) is 7.05 Å². The van der Waals surface area contributed by atoms with Gasteiger partial charge in [-0.3, -0.25) is 4.79 Å². The Balaban J connectivity index is 3.64. The highest BCUT2D eigenvalue weighted by molar-refractivity contribution is 9.10. The first kappa shape index (κ1) is 13.3. The van der Waals surface area contributed by atoms with Crippen LogP contribution in [0.25, 0.3) is 0 Å². The van der Waals surface area contributed by atoms with E-state index in [2.05, 4.69) is 31.8 Å². The van der Waals surface area contributed by atoms with Crippen LogP contribution in [0.5, 0.6) is 0 Å². The second-order valence-corrected chi connectivity index (χ2v) is 4.84. The van der Waals surface area contributed by atoms with E-state index in [1.165, 1.54) is 7.11 Å². The molecule has 0 aromatic heterocycles. The molecule has 1 atom stereocenters. The van der Waals surface area contributed by atoms with E-state index in [-0.39, 0.29) is 10.8 Å². The molecule has 0 N–H and O–H groups in total. The molecule has 0 aliphatic heterocycles. The van der Waals surface area contributed by atoms with Gasteiger partial charge >= 0.3 is 5.97 Å². The average Bonchev–Trinajstić information content (AvgIpc) is 2.13. The molecule has 0 bridgehead atoms. The van der Waals surface area contributed by atoms with E-state index in [1.54, 1.807) is 11.8 Å². The summed E-state index contributed by atoms with van der Waals surface area (Å²) in [6, 6.07) is 0. The van der Waals surface area contributed by atoms with Gasteiger partial charge < -0.3 is 9.64 Å². The lowest BCUT2D eigenvalue weighted by Gasteiger charge is -2.18. The fraction of sp³-hybridized carbons (Fsp3) is 0.875. The third kappa shape index (κ3) is 6.35. The lowest BCUT2D eigenvalue weighted by Crippen LogP contribution is -2.32. The van der Waals surface area contributed by atoms with E-state index in [0.29, 0.717) is 6.54 Å². The number of rotatable bonds is 6. The van der Waals surface area contributed by atoms with Crippen molar-refractivity contribution in [2.45, 2.75) is 4.83 Å². The number of carbonyl (C=O) groups excluding carboxylic acids is 1. The third-order valence-corrected chi connectivity index (χ3v) is 2.86. The van der Waals surface area contributed by atoms with Crippen LogP contribution < -0.4 is 0 Å². The fourth-order valence-electron chi connectivity index (χ4n) is 0.814. The first-order valence-electron chi connectivity index (χ1n) is 4.01. The third-order valence-electron chi connectivity index (χ3n) is 1.61. The van der Waals surface area contributed by atoms with Crippen molar-refractivity contribution in [1.82, 2.24) is 4.90 Å². The van der Waals surface area contributed by atoms with Gasteiger partial charge in [0.25, 0.3) is 0 Å². The number of nitrogens with zero attached hydrogens (tertiary/aromatic N) is 1. The van der Waals surface area contributed by atoms with Crippen LogP contribution in [-0.2, 0) is 9.53 Å².